The highest BCUT2D eigenvalue weighted by atomic mass is 16.2. The Morgan fingerprint density at radius 2 is 2.06 bits per heavy atom. The number of nitrogens with zero attached hydrogens (tertiary/aromatic N) is 3. The molecule has 0 unspecified atom stereocenters. The van der Waals surface area contributed by atoms with Crippen LogP contribution in [-0.2, 0) is 11.3 Å². The van der Waals surface area contributed by atoms with E-state index < -0.39 is 0 Å². The normalized spacial score (nSPS) is 15.9. The van der Waals surface area contributed by atoms with Crippen molar-refractivity contribution in [3.05, 3.63) is 11.4 Å². The lowest BCUT2D eigenvalue weighted by Crippen LogP contribution is -2.35. The van der Waals surface area contributed by atoms with E-state index >= 15 is 0 Å². The van der Waals surface area contributed by atoms with Crippen molar-refractivity contribution in [1.29, 1.82) is 0 Å². The molecular formula is C12H18N4O2. The zero-order chi connectivity index (χ0) is 13.1. The first kappa shape index (κ1) is 12.7. The minimum absolute atomic E-state index is 0.0648. The number of carbonyl (C=O) groups excluding carboxylic acids is 2. The van der Waals surface area contributed by atoms with Crippen molar-refractivity contribution < 1.29 is 9.59 Å². The molecule has 2 rings (SSSR count). The highest BCUT2D eigenvalue weighted by Gasteiger charge is 2.19. The molecule has 1 aromatic heterocycles. The van der Waals surface area contributed by atoms with Crippen molar-refractivity contribution in [2.24, 2.45) is 0 Å². The summed E-state index contributed by atoms with van der Waals surface area (Å²) in [6.45, 7) is 3.32. The summed E-state index contributed by atoms with van der Waals surface area (Å²) in [7, 11) is 0. The van der Waals surface area contributed by atoms with Gasteiger partial charge in [0.25, 0.3) is 0 Å². The highest BCUT2D eigenvalue weighted by Crippen LogP contribution is 2.17. The van der Waals surface area contributed by atoms with Gasteiger partial charge in [0.05, 0.1) is 5.69 Å². The van der Waals surface area contributed by atoms with Crippen LogP contribution in [0.1, 0.15) is 48.8 Å². The highest BCUT2D eigenvalue weighted by molar-refractivity contribution is 5.93. The van der Waals surface area contributed by atoms with E-state index in [0.29, 0.717) is 17.4 Å². The second-order valence-electron chi connectivity index (χ2n) is 4.79. The van der Waals surface area contributed by atoms with E-state index in [1.165, 1.54) is 24.4 Å². The Morgan fingerprint density at radius 3 is 2.61 bits per heavy atom. The Morgan fingerprint density at radius 1 is 1.39 bits per heavy atom. The Labute approximate surface area is 106 Å². The number of aromatic nitrogens is 3. The summed E-state index contributed by atoms with van der Waals surface area (Å²) in [5.41, 5.74) is 0.979. The average Bonchev–Trinajstić information content (AvgIpc) is 2.90. The smallest absolute Gasteiger partial charge is 0.242 e. The number of Topliss-reactive ketones (excluding diaryl/α,β-unsaturated/α-hetero) is 1. The zero-order valence-corrected chi connectivity index (χ0v) is 10.8. The fourth-order valence-corrected chi connectivity index (χ4v) is 2.32. The van der Waals surface area contributed by atoms with Crippen LogP contribution in [0.4, 0.5) is 0 Å². The van der Waals surface area contributed by atoms with Gasteiger partial charge in [0.1, 0.15) is 6.54 Å². The molecule has 1 heterocycles. The zero-order valence-electron chi connectivity index (χ0n) is 10.8. The van der Waals surface area contributed by atoms with Gasteiger partial charge >= 0.3 is 0 Å². The van der Waals surface area contributed by atoms with Crippen LogP contribution in [0.2, 0.25) is 0 Å². The van der Waals surface area contributed by atoms with E-state index in [9.17, 15) is 9.59 Å². The monoisotopic (exact) mass is 250 g/mol. The Hall–Kier alpha value is -1.72. The molecule has 1 aromatic rings. The fourth-order valence-electron chi connectivity index (χ4n) is 2.32. The van der Waals surface area contributed by atoms with Gasteiger partial charge in [0, 0.05) is 13.0 Å². The standard InChI is InChI=1S/C12H18N4O2/c1-8-12(9(2)17)14-15-16(8)7-11(18)13-10-5-3-4-6-10/h10H,3-7H2,1-2H3,(H,13,18). The lowest BCUT2D eigenvalue weighted by atomic mass is 10.2. The van der Waals surface area contributed by atoms with Crippen LogP contribution in [0, 0.1) is 6.92 Å². The first-order valence-corrected chi connectivity index (χ1v) is 6.28. The lowest BCUT2D eigenvalue weighted by Gasteiger charge is -2.11. The van der Waals surface area contributed by atoms with E-state index in [1.807, 2.05) is 0 Å². The molecule has 6 nitrogen and oxygen atoms in total. The largest absolute Gasteiger partial charge is 0.352 e. The molecule has 1 aliphatic rings. The Bertz CT molecular complexity index is 461. The predicted octanol–water partition coefficient (Wildman–Crippen LogP) is 0.848. The van der Waals surface area contributed by atoms with E-state index in [0.717, 1.165) is 12.8 Å². The summed E-state index contributed by atoms with van der Waals surface area (Å²) in [5.74, 6) is -0.194. The second kappa shape index (κ2) is 5.29. The number of nitrogens with one attached hydrogen (secondary N) is 1. The SMILES string of the molecule is CC(=O)c1nnn(CC(=O)NC2CCCC2)c1C. The molecule has 18 heavy (non-hydrogen) atoms. The third-order valence-electron chi connectivity index (χ3n) is 3.33. The van der Waals surface area contributed by atoms with Gasteiger partial charge < -0.3 is 5.32 Å². The molecule has 0 atom stereocenters. The third kappa shape index (κ3) is 2.75. The van der Waals surface area contributed by atoms with Crippen molar-refractivity contribution in [3.8, 4) is 0 Å². The second-order valence-corrected chi connectivity index (χ2v) is 4.79. The Kier molecular flexibility index (Phi) is 3.74. The van der Waals surface area contributed by atoms with Crippen LogP contribution in [0.3, 0.4) is 0 Å². The maximum atomic E-state index is 11.8. The van der Waals surface area contributed by atoms with Crippen molar-refractivity contribution in [2.45, 2.75) is 52.1 Å². The topological polar surface area (TPSA) is 76.9 Å². The van der Waals surface area contributed by atoms with Gasteiger partial charge in [-0.1, -0.05) is 18.1 Å². The molecule has 98 valence electrons. The van der Waals surface area contributed by atoms with Crippen LogP contribution in [0.25, 0.3) is 0 Å². The molecule has 0 radical (unpaired) electrons. The fraction of sp³-hybridized carbons (Fsp3) is 0.667. The molecule has 0 aromatic carbocycles. The van der Waals surface area contributed by atoms with Gasteiger partial charge in [-0.2, -0.15) is 0 Å². The molecule has 0 saturated heterocycles. The molecule has 1 N–H and O–H groups in total. The summed E-state index contributed by atoms with van der Waals surface area (Å²) < 4.78 is 1.47. The molecule has 0 spiro atoms. The van der Waals surface area contributed by atoms with Crippen LogP contribution < -0.4 is 5.32 Å². The number of carbonyl (C=O) groups is 2. The maximum absolute atomic E-state index is 11.8. The minimum atomic E-state index is -0.130. The van der Waals surface area contributed by atoms with Crippen LogP contribution in [-0.4, -0.2) is 32.7 Å². The van der Waals surface area contributed by atoms with Gasteiger partial charge in [-0.05, 0) is 19.8 Å². The lowest BCUT2D eigenvalue weighted by molar-refractivity contribution is -0.122. The number of hydrogen-bond acceptors (Lipinski definition) is 4. The van der Waals surface area contributed by atoms with Gasteiger partial charge in [0.2, 0.25) is 5.91 Å². The minimum Gasteiger partial charge on any atom is -0.352 e. The van der Waals surface area contributed by atoms with Crippen molar-refractivity contribution >= 4 is 11.7 Å². The number of hydrogen-bond donors (Lipinski definition) is 1. The molecule has 0 aliphatic heterocycles. The molecule has 1 aliphatic carbocycles. The van der Waals surface area contributed by atoms with E-state index in [4.69, 9.17) is 0 Å². The van der Waals surface area contributed by atoms with Crippen molar-refractivity contribution in [1.82, 2.24) is 20.3 Å². The van der Waals surface area contributed by atoms with Crippen LogP contribution in [0.5, 0.6) is 0 Å². The van der Waals surface area contributed by atoms with Crippen molar-refractivity contribution in [2.75, 3.05) is 0 Å². The first-order chi connectivity index (χ1) is 8.58. The number of rotatable bonds is 4. The summed E-state index contributed by atoms with van der Waals surface area (Å²) in [6, 6.07) is 0.300. The van der Waals surface area contributed by atoms with E-state index in [2.05, 4.69) is 15.6 Å². The van der Waals surface area contributed by atoms with Crippen LogP contribution in [0.15, 0.2) is 0 Å². The summed E-state index contributed by atoms with van der Waals surface area (Å²) in [6.07, 6.45) is 4.48. The molecular weight excluding hydrogens is 232 g/mol. The molecule has 1 saturated carbocycles. The van der Waals surface area contributed by atoms with Gasteiger partial charge in [0.15, 0.2) is 11.5 Å². The van der Waals surface area contributed by atoms with E-state index in [-0.39, 0.29) is 18.2 Å². The average molecular weight is 250 g/mol. The van der Waals surface area contributed by atoms with Crippen LogP contribution >= 0.6 is 0 Å². The van der Waals surface area contributed by atoms with E-state index in [1.54, 1.807) is 6.92 Å². The third-order valence-corrected chi connectivity index (χ3v) is 3.33. The van der Waals surface area contributed by atoms with Gasteiger partial charge in [-0.15, -0.1) is 5.10 Å². The molecule has 6 heteroatoms. The summed E-state index contributed by atoms with van der Waals surface area (Å²) in [4.78, 5) is 23.0. The number of amides is 1. The quantitative estimate of drug-likeness (QED) is 0.804. The first-order valence-electron chi connectivity index (χ1n) is 6.28. The van der Waals surface area contributed by atoms with Gasteiger partial charge in [-0.25, -0.2) is 4.68 Å². The Balaban J connectivity index is 1.96. The number of ketones is 1. The molecule has 1 fully saturated rings. The van der Waals surface area contributed by atoms with Crippen molar-refractivity contribution in [3.63, 3.8) is 0 Å². The molecule has 0 bridgehead atoms. The summed E-state index contributed by atoms with van der Waals surface area (Å²) in [5, 5.41) is 10.6. The predicted molar refractivity (Wildman–Crippen MR) is 65.2 cm³/mol. The van der Waals surface area contributed by atoms with Gasteiger partial charge in [-0.3, -0.25) is 9.59 Å². The maximum Gasteiger partial charge on any atom is 0.242 e. The summed E-state index contributed by atoms with van der Waals surface area (Å²) >= 11 is 0. The molecule has 1 amide bonds.